The Labute approximate surface area is 845 Å². The van der Waals surface area contributed by atoms with Crippen LogP contribution in [0.5, 0.6) is 0 Å². The zero-order chi connectivity index (χ0) is 105. The number of nitrogens with zero attached hydrogens (tertiary/aromatic N) is 18. The molecule has 0 amide bonds. The van der Waals surface area contributed by atoms with Gasteiger partial charge in [-0.25, -0.2) is 59.4 Å². The van der Waals surface area contributed by atoms with Crippen molar-refractivity contribution in [1.82, 2.24) is 97.2 Å². The molecule has 10 unspecified atom stereocenters. The van der Waals surface area contributed by atoms with Crippen LogP contribution < -0.4 is 70.7 Å². The lowest BCUT2D eigenvalue weighted by Crippen LogP contribution is -2.42. The average molecular weight is 2230 g/mol. The molecule has 6 aliphatic heterocycles. The maximum absolute atomic E-state index is 15.6. The molecule has 0 spiro atoms. The van der Waals surface area contributed by atoms with Crippen molar-refractivity contribution >= 4 is 146 Å². The van der Waals surface area contributed by atoms with Crippen LogP contribution in [0.2, 0.25) is 0 Å². The monoisotopic (exact) mass is 2220 g/mol. The molecular formula is C76H103N25O38P5S3-5. The van der Waals surface area contributed by atoms with Gasteiger partial charge in [0.1, 0.15) is 153 Å². The number of H-pyrrole nitrogens is 2. The van der Waals surface area contributed by atoms with Gasteiger partial charge in [0, 0.05) is 65.5 Å². The molecule has 71 heteroatoms. The molecule has 28 atom stereocenters. The van der Waals surface area contributed by atoms with Gasteiger partial charge < -0.3 is 187 Å². The first-order valence-electron chi connectivity index (χ1n) is 44.8. The van der Waals surface area contributed by atoms with Crippen molar-refractivity contribution in [3.63, 3.8) is 0 Å². The Hall–Kier alpha value is -8.34. The third-order valence-electron chi connectivity index (χ3n) is 23.9. The number of nitrogens with two attached hydrogens (primary N) is 5. The van der Waals surface area contributed by atoms with Gasteiger partial charge in [0.25, 0.3) is 26.8 Å². The van der Waals surface area contributed by atoms with Gasteiger partial charge in [-0.2, -0.15) is 9.97 Å². The van der Waals surface area contributed by atoms with Crippen molar-refractivity contribution in [3.05, 3.63) is 109 Å². The molecule has 16 rings (SSSR count). The number of phosphoric ester groups is 2. The van der Waals surface area contributed by atoms with Gasteiger partial charge in [-0.1, -0.05) is 30.5 Å². The van der Waals surface area contributed by atoms with E-state index in [1.54, 1.807) is 18.4 Å². The van der Waals surface area contributed by atoms with E-state index in [9.17, 15) is 29.2 Å². The first-order valence-corrected chi connectivity index (χ1v) is 55.4. The second-order valence-electron chi connectivity index (χ2n) is 33.4. The minimum Gasteiger partial charge on any atom is -0.780 e. The van der Waals surface area contributed by atoms with Crippen LogP contribution >= 0.6 is 35.9 Å². The number of anilines is 5. The molecule has 10 aromatic rings. The predicted molar refractivity (Wildman–Crippen MR) is 501 cm³/mol. The van der Waals surface area contributed by atoms with Gasteiger partial charge >= 0.3 is 11.4 Å². The summed E-state index contributed by atoms with van der Waals surface area (Å²) in [5, 5.41) is 11.8. The fourth-order valence-corrected chi connectivity index (χ4v) is 23.2. The lowest BCUT2D eigenvalue weighted by molar-refractivity contribution is -0.241. The van der Waals surface area contributed by atoms with E-state index in [0.717, 1.165) is 38.9 Å². The summed E-state index contributed by atoms with van der Waals surface area (Å²) in [5.41, 5.74) is 27.2. The predicted octanol–water partition coefficient (Wildman–Crippen LogP) is -3.55. The highest BCUT2D eigenvalue weighted by Gasteiger charge is 2.57. The third-order valence-corrected chi connectivity index (χ3v) is 30.5. The summed E-state index contributed by atoms with van der Waals surface area (Å²) in [6, 6.07) is 0. The van der Waals surface area contributed by atoms with E-state index < -0.39 is 252 Å². The number of aromatic amines is 2. The summed E-state index contributed by atoms with van der Waals surface area (Å²) in [7, 11) is -5.64. The molecule has 63 nitrogen and oxygen atoms in total. The Kier molecular flexibility index (Phi) is 36.3. The zero-order valence-corrected chi connectivity index (χ0v) is 85.9. The number of aliphatic hydroxyl groups is 1. The van der Waals surface area contributed by atoms with Crippen LogP contribution in [0.1, 0.15) is 68.3 Å². The number of aliphatic hydroxyl groups excluding tert-OH is 1. The molecule has 6 saturated heterocycles. The van der Waals surface area contributed by atoms with Gasteiger partial charge in [0.05, 0.1) is 137 Å². The number of nitrogens with one attached hydrogen (secondary N) is 2. The Balaban J connectivity index is 0.690. The molecule has 13 N–H and O–H groups in total. The number of aromatic nitrogens is 20. The minimum atomic E-state index is -6.24. The molecule has 0 aromatic carbocycles. The van der Waals surface area contributed by atoms with Crippen molar-refractivity contribution in [2.45, 2.75) is 175 Å². The molecule has 0 aliphatic carbocycles. The molecular weight excluding hydrogens is 2120 g/mol. The van der Waals surface area contributed by atoms with Crippen molar-refractivity contribution < 1.29 is 159 Å². The number of imidazole rings is 4. The van der Waals surface area contributed by atoms with Crippen LogP contribution in [0.4, 0.5) is 29.2 Å². The van der Waals surface area contributed by atoms with E-state index in [1.165, 1.54) is 83.1 Å². The molecule has 16 heterocycles. The van der Waals surface area contributed by atoms with Crippen molar-refractivity contribution in [2.75, 3.05) is 163 Å². The Morgan fingerprint density at radius 1 is 0.415 bits per heavy atom. The highest BCUT2D eigenvalue weighted by molar-refractivity contribution is 8.32. The van der Waals surface area contributed by atoms with Crippen LogP contribution in [0, 0.1) is 13.8 Å². The Morgan fingerprint density at radius 2 is 0.796 bits per heavy atom. The maximum atomic E-state index is 15.6. The number of nitrogen functional groups attached to an aromatic ring is 5. The second kappa shape index (κ2) is 47.9. The highest BCUT2D eigenvalue weighted by Crippen LogP contribution is 2.57. The maximum Gasteiger partial charge on any atom is 0.351 e. The van der Waals surface area contributed by atoms with Crippen LogP contribution in [-0.4, -0.2) is 341 Å². The van der Waals surface area contributed by atoms with Crippen LogP contribution in [0.3, 0.4) is 0 Å². The smallest absolute Gasteiger partial charge is 0.351 e. The molecule has 0 radical (unpaired) electrons. The summed E-state index contributed by atoms with van der Waals surface area (Å²) in [6.07, 6.45) is -26.4. The SMILES string of the molecule is CC[C@H]1O[C@@H](n2cnc3c(N)ncnc32)C[C@H]1OP([O-])(=S)OC[C@H]1O[C@@H](n2cnc3c(N)ncnc32)C(OCCOC)[C@H]1OP(=O)([O-])OC[C@H]1O[C@@H](n2cnc3c(=O)[nH]c(N)nc32)C(OCCOC)[C@H]1OP(=O)([O-])OC[C@H]1O[C@@H](n2cc(C)c(=O)[nH]c2=O)C(OCCOC)[C@H]1OP(=O)([S-])OC[C@H]1O[C@@H](n2cnc3c(N)ncnc32)C(OCCOC)[C@H]1OP([O-])(=S)OC[C@H]1O[C@@H](n2cc(C)c(N)nc2=O)C(OCCOC)[C@H]1O. The third kappa shape index (κ3) is 25.4. The Morgan fingerprint density at radius 3 is 1.27 bits per heavy atom. The lowest BCUT2D eigenvalue weighted by Gasteiger charge is -2.36. The van der Waals surface area contributed by atoms with Gasteiger partial charge in [0.2, 0.25) is 5.95 Å². The fourth-order valence-electron chi connectivity index (χ4n) is 17.0. The van der Waals surface area contributed by atoms with Gasteiger partial charge in [-0.3, -0.25) is 60.7 Å². The summed E-state index contributed by atoms with van der Waals surface area (Å²) < 4.78 is 210. The lowest BCUT2D eigenvalue weighted by atomic mass is 10.1. The molecule has 6 aliphatic rings. The summed E-state index contributed by atoms with van der Waals surface area (Å²) >= 11 is 16.8. The zero-order valence-electron chi connectivity index (χ0n) is 78.9. The van der Waals surface area contributed by atoms with E-state index in [2.05, 4.69) is 69.8 Å². The number of hydrogen-bond acceptors (Lipinski definition) is 58. The van der Waals surface area contributed by atoms with Crippen LogP contribution in [0.15, 0.2) is 75.9 Å². The van der Waals surface area contributed by atoms with Crippen molar-refractivity contribution in [2.24, 2.45) is 0 Å². The minimum absolute atomic E-state index is 0.0188. The van der Waals surface area contributed by atoms with Crippen LogP contribution in [-0.2, 0) is 171 Å². The van der Waals surface area contributed by atoms with E-state index in [-0.39, 0.29) is 127 Å². The second-order valence-corrected chi connectivity index (χ2v) is 44.2. The van der Waals surface area contributed by atoms with Crippen LogP contribution in [0.25, 0.3) is 44.7 Å². The van der Waals surface area contributed by atoms with E-state index in [4.69, 9.17) is 186 Å². The van der Waals surface area contributed by atoms with Gasteiger partial charge in [0.15, 0.2) is 83.5 Å². The van der Waals surface area contributed by atoms with Crippen molar-refractivity contribution in [3.8, 4) is 0 Å². The van der Waals surface area contributed by atoms with E-state index in [1.807, 2.05) is 0 Å². The fraction of sp³-hybridized carbons (Fsp3) is 0.632. The standard InChI is InChI=1S/C76H108N25O38P5S3/c1-9-37-38(20-44(129-37)98-31-88-45-60(78)82-28-85-63(45)98)135-142(111,145)127-26-42-51(55(120-16-11-115-5)71(133-42)99-32-89-46-61(79)83-29-86-64(46)99)137-140(107,108)124-24-40-50(56(121-17-12-116-6)73(132-40)101-34-91-48-66(101)93-74(81)94-68(48)104)136-141(109,110)125-25-41-52(57(122-18-13-117-7)70(131-41)97-22-36(3)67(103)95-76(97)106)138-144(113,147)128-27-43-53(58(123-19-14-118-8)72(134-43)100-33-90-47-62(80)84-30-87-65(47)100)139-143(112,146)126-23-39-49(102)54(119-15-10-114-4)69(130-39)96-21-35(2)59(77)92-75(96)105/h21-22,28-34,37-44,49-58,69-73,102H,9-20,23-27H2,1-8H3,(H,107,108)(H,109,110)(H,111,145)(H,112,146)(H,113,147)(H2,77,92,105)(H2,78,82,85)(H2,79,83,86)(H2,80,84,87)(H,95,103,106)(H3,81,93,94,104)/p-5/t37-,38-,39-,40-,41-,42-,43-,44-,49+,50+,51+,52+,53+,54?,55?,56?,57?,58?,69-,70-,71-,72-,73-,142?,143?,144?/m1/s1. The van der Waals surface area contributed by atoms with E-state index in [0.29, 0.717) is 17.6 Å². The summed E-state index contributed by atoms with van der Waals surface area (Å²) in [4.78, 5) is 169. The van der Waals surface area contributed by atoms with E-state index >= 15 is 28.4 Å². The number of rotatable bonds is 52. The molecule has 0 bridgehead atoms. The van der Waals surface area contributed by atoms with Gasteiger partial charge in [-0.15, -0.1) is 0 Å². The number of fused-ring (bicyclic) bond motifs is 4. The molecule has 6 fully saturated rings. The highest BCUT2D eigenvalue weighted by atomic mass is 32.7. The number of methoxy groups -OCH3 is 5. The first kappa shape index (κ1) is 111. The number of hydrogen-bond donors (Lipinski definition) is 8. The number of ether oxygens (including phenoxy) is 16. The largest absolute Gasteiger partial charge is 0.780 e. The summed E-state index contributed by atoms with van der Waals surface area (Å²) in [5.74, 6) is -0.621. The molecule has 147 heavy (non-hydrogen) atoms. The van der Waals surface area contributed by atoms with Gasteiger partial charge in [-0.05, 0) is 20.3 Å². The first-order chi connectivity index (χ1) is 70.2. The number of phosphoric acid groups is 2. The molecule has 0 saturated carbocycles. The Bertz CT molecular complexity index is 6780. The average Bonchev–Trinajstić information content (AvgIpc) is 1.69. The topological polar surface area (TPSA) is 818 Å². The quantitative estimate of drug-likeness (QED) is 0.0104. The van der Waals surface area contributed by atoms with Crippen molar-refractivity contribution in [1.29, 1.82) is 0 Å². The molecule has 808 valence electrons. The number of aryl methyl sites for hydroxylation is 2. The summed E-state index contributed by atoms with van der Waals surface area (Å²) in [6.45, 7) is -18.2. The normalized spacial score (nSPS) is 29.0. The molecule has 10 aromatic heterocycles.